The number of halogens is 1. The highest BCUT2D eigenvalue weighted by Crippen LogP contribution is 2.31. The average Bonchev–Trinajstić information content (AvgIpc) is 2.83. The molecule has 1 aromatic carbocycles. The molecule has 96 valence electrons. The molecule has 1 heterocycles. The maximum atomic E-state index is 3.56. The van der Waals surface area contributed by atoms with E-state index >= 15 is 0 Å². The predicted molar refractivity (Wildman–Crippen MR) is 83.5 cm³/mol. The van der Waals surface area contributed by atoms with Gasteiger partial charge in [-0.1, -0.05) is 28.9 Å². The highest BCUT2D eigenvalue weighted by Gasteiger charge is 2.16. The van der Waals surface area contributed by atoms with Crippen LogP contribution in [0.1, 0.15) is 33.8 Å². The lowest BCUT2D eigenvalue weighted by Gasteiger charge is -2.18. The molecule has 0 spiro atoms. The second kappa shape index (κ2) is 6.00. The molecule has 0 radical (unpaired) electrons. The number of hydrogen-bond acceptors (Lipinski definition) is 2. The van der Waals surface area contributed by atoms with Gasteiger partial charge in [-0.3, -0.25) is 0 Å². The first-order valence-corrected chi connectivity index (χ1v) is 7.78. The maximum absolute atomic E-state index is 3.56. The maximum Gasteiger partial charge on any atom is 0.0671 e. The normalized spacial score (nSPS) is 12.7. The minimum atomic E-state index is 0.285. The van der Waals surface area contributed by atoms with Crippen LogP contribution in [0.15, 0.2) is 34.8 Å². The van der Waals surface area contributed by atoms with Crippen LogP contribution < -0.4 is 5.32 Å². The van der Waals surface area contributed by atoms with E-state index in [0.717, 1.165) is 10.9 Å². The molecular weight excluding hydrogens is 306 g/mol. The molecule has 1 atom stereocenters. The predicted octanol–water partition coefficient (Wildman–Crippen LogP) is 4.69. The molecule has 3 heteroatoms. The Kier molecular flexibility index (Phi) is 4.60. The zero-order valence-corrected chi connectivity index (χ0v) is 13.4. The zero-order valence-electron chi connectivity index (χ0n) is 11.0. The van der Waals surface area contributed by atoms with Gasteiger partial charge in [0.25, 0.3) is 0 Å². The fourth-order valence-electron chi connectivity index (χ4n) is 2.11. The Labute approximate surface area is 121 Å². The topological polar surface area (TPSA) is 12.0 Å². The largest absolute Gasteiger partial charge is 0.309 e. The molecule has 1 unspecified atom stereocenters. The zero-order chi connectivity index (χ0) is 13.1. The highest BCUT2D eigenvalue weighted by atomic mass is 79.9. The van der Waals surface area contributed by atoms with Crippen molar-refractivity contribution in [2.45, 2.75) is 26.3 Å². The van der Waals surface area contributed by atoms with Crippen molar-refractivity contribution >= 4 is 27.3 Å². The fourth-order valence-corrected chi connectivity index (χ4v) is 3.57. The van der Waals surface area contributed by atoms with Crippen molar-refractivity contribution in [3.63, 3.8) is 0 Å². The number of aryl methyl sites for hydroxylation is 2. The van der Waals surface area contributed by atoms with Crippen molar-refractivity contribution in [3.05, 3.63) is 55.7 Å². The molecule has 2 aromatic rings. The molecule has 0 amide bonds. The van der Waals surface area contributed by atoms with Crippen molar-refractivity contribution < 1.29 is 0 Å². The summed E-state index contributed by atoms with van der Waals surface area (Å²) in [7, 11) is 2.02. The van der Waals surface area contributed by atoms with Gasteiger partial charge in [0.2, 0.25) is 0 Å². The molecule has 0 bridgehead atoms. The van der Waals surface area contributed by atoms with Crippen LogP contribution in [-0.4, -0.2) is 7.05 Å². The van der Waals surface area contributed by atoms with Gasteiger partial charge in [0, 0.05) is 14.2 Å². The van der Waals surface area contributed by atoms with Crippen molar-refractivity contribution in [1.29, 1.82) is 0 Å². The van der Waals surface area contributed by atoms with Gasteiger partial charge in [0.15, 0.2) is 0 Å². The Morgan fingerprint density at radius 1 is 1.28 bits per heavy atom. The molecule has 0 saturated heterocycles. The van der Waals surface area contributed by atoms with Crippen LogP contribution in [0, 0.1) is 6.92 Å². The molecule has 1 N–H and O–H groups in total. The van der Waals surface area contributed by atoms with Gasteiger partial charge >= 0.3 is 0 Å². The lowest BCUT2D eigenvalue weighted by atomic mass is 10.0. The molecule has 1 aromatic heterocycles. The van der Waals surface area contributed by atoms with E-state index in [1.54, 1.807) is 0 Å². The minimum absolute atomic E-state index is 0.285. The van der Waals surface area contributed by atoms with E-state index < -0.39 is 0 Å². The van der Waals surface area contributed by atoms with Gasteiger partial charge in [0.05, 0.1) is 6.04 Å². The molecule has 0 fully saturated rings. The van der Waals surface area contributed by atoms with E-state index in [9.17, 15) is 0 Å². The summed E-state index contributed by atoms with van der Waals surface area (Å²) >= 11 is 5.46. The molecule has 18 heavy (non-hydrogen) atoms. The number of thiophene rings is 1. The van der Waals surface area contributed by atoms with Crippen molar-refractivity contribution in [1.82, 2.24) is 5.32 Å². The number of rotatable bonds is 4. The number of benzene rings is 1. The van der Waals surface area contributed by atoms with E-state index in [0.29, 0.717) is 0 Å². The summed E-state index contributed by atoms with van der Waals surface area (Å²) in [4.78, 5) is 2.83. The molecule has 1 nitrogen and oxygen atoms in total. The third-order valence-corrected chi connectivity index (χ3v) is 4.94. The second-order valence-corrected chi connectivity index (χ2v) is 6.50. The first-order valence-electron chi connectivity index (χ1n) is 6.17. The average molecular weight is 324 g/mol. The third kappa shape index (κ3) is 2.85. The SMILES string of the molecule is CCc1ccc(C(NC)c2cc(Br)ccc2C)s1. The van der Waals surface area contributed by atoms with Gasteiger partial charge in [-0.2, -0.15) is 0 Å². The van der Waals surface area contributed by atoms with Crippen LogP contribution >= 0.6 is 27.3 Å². The monoisotopic (exact) mass is 323 g/mol. The lowest BCUT2D eigenvalue weighted by molar-refractivity contribution is 0.699. The lowest BCUT2D eigenvalue weighted by Crippen LogP contribution is -2.17. The van der Waals surface area contributed by atoms with Crippen molar-refractivity contribution in [2.75, 3.05) is 7.05 Å². The second-order valence-electron chi connectivity index (χ2n) is 4.38. The first kappa shape index (κ1) is 13.8. The van der Waals surface area contributed by atoms with Gasteiger partial charge in [-0.25, -0.2) is 0 Å². The van der Waals surface area contributed by atoms with E-state index in [4.69, 9.17) is 0 Å². The molecule has 0 aliphatic carbocycles. The third-order valence-electron chi connectivity index (χ3n) is 3.16. The highest BCUT2D eigenvalue weighted by molar-refractivity contribution is 9.10. The molecule has 2 rings (SSSR count). The smallest absolute Gasteiger partial charge is 0.0671 e. The van der Waals surface area contributed by atoms with Crippen LogP contribution in [0.3, 0.4) is 0 Å². The van der Waals surface area contributed by atoms with Crippen LogP contribution in [0.5, 0.6) is 0 Å². The molecule has 0 aliphatic heterocycles. The Balaban J connectivity index is 2.41. The Bertz CT molecular complexity index is 533. The number of nitrogens with one attached hydrogen (secondary N) is 1. The Morgan fingerprint density at radius 3 is 2.67 bits per heavy atom. The first-order chi connectivity index (χ1) is 8.65. The van der Waals surface area contributed by atoms with Gasteiger partial charge < -0.3 is 5.32 Å². The Hall–Kier alpha value is -0.640. The number of hydrogen-bond donors (Lipinski definition) is 1. The molecule has 0 saturated carbocycles. The summed E-state index contributed by atoms with van der Waals surface area (Å²) in [6.07, 6.45) is 1.11. The van der Waals surface area contributed by atoms with Crippen LogP contribution in [0.4, 0.5) is 0 Å². The summed E-state index contributed by atoms with van der Waals surface area (Å²) in [5.74, 6) is 0. The summed E-state index contributed by atoms with van der Waals surface area (Å²) in [5.41, 5.74) is 2.67. The van der Waals surface area contributed by atoms with Crippen LogP contribution in [-0.2, 0) is 6.42 Å². The summed E-state index contributed by atoms with van der Waals surface area (Å²) in [5, 5.41) is 3.43. The minimum Gasteiger partial charge on any atom is -0.309 e. The quantitative estimate of drug-likeness (QED) is 0.860. The van der Waals surface area contributed by atoms with Gasteiger partial charge in [-0.15, -0.1) is 11.3 Å². The van der Waals surface area contributed by atoms with Crippen molar-refractivity contribution in [2.24, 2.45) is 0 Å². The fraction of sp³-hybridized carbons (Fsp3) is 0.333. The molecular formula is C15H18BrNS. The van der Waals surface area contributed by atoms with Gasteiger partial charge in [-0.05, 0) is 55.8 Å². The van der Waals surface area contributed by atoms with Gasteiger partial charge in [0.1, 0.15) is 0 Å². The Morgan fingerprint density at radius 2 is 2.06 bits per heavy atom. The van der Waals surface area contributed by atoms with E-state index in [1.165, 1.54) is 20.9 Å². The van der Waals surface area contributed by atoms with Crippen LogP contribution in [0.2, 0.25) is 0 Å². The molecule has 0 aliphatic rings. The summed E-state index contributed by atoms with van der Waals surface area (Å²) < 4.78 is 1.13. The van der Waals surface area contributed by atoms with E-state index in [1.807, 2.05) is 18.4 Å². The van der Waals surface area contributed by atoms with Crippen molar-refractivity contribution in [3.8, 4) is 0 Å². The summed E-state index contributed by atoms with van der Waals surface area (Å²) in [6, 6.07) is 11.2. The summed E-state index contributed by atoms with van der Waals surface area (Å²) in [6.45, 7) is 4.37. The van der Waals surface area contributed by atoms with E-state index in [2.05, 4.69) is 65.4 Å². The standard InChI is InChI=1S/C15H18BrNS/c1-4-12-7-8-14(18-12)15(17-3)13-9-11(16)6-5-10(13)2/h5-9,15,17H,4H2,1-3H3. The van der Waals surface area contributed by atoms with E-state index in [-0.39, 0.29) is 6.04 Å². The van der Waals surface area contributed by atoms with Crippen LogP contribution in [0.25, 0.3) is 0 Å².